The first-order valence-electron chi connectivity index (χ1n) is 7.00. The van der Waals surface area contributed by atoms with Crippen LogP contribution in [0.1, 0.15) is 30.0 Å². The number of ketones is 1. The number of amides is 1. The van der Waals surface area contributed by atoms with Crippen LogP contribution in [0, 0.1) is 6.92 Å². The van der Waals surface area contributed by atoms with Gasteiger partial charge in [0.2, 0.25) is 0 Å². The molecule has 0 fully saturated rings. The average molecular weight is 318 g/mol. The normalized spacial score (nSPS) is 11.7. The molecular weight excluding hydrogens is 300 g/mol. The lowest BCUT2D eigenvalue weighted by molar-refractivity contribution is -0.122. The Labute approximate surface area is 133 Å². The van der Waals surface area contributed by atoms with E-state index in [2.05, 4.69) is 10.5 Å². The summed E-state index contributed by atoms with van der Waals surface area (Å²) in [6.45, 7) is 4.79. The van der Waals surface area contributed by atoms with Crippen molar-refractivity contribution in [2.24, 2.45) is 0 Å². The highest BCUT2D eigenvalue weighted by atomic mass is 16.5. The Morgan fingerprint density at radius 1 is 1.26 bits per heavy atom. The zero-order chi connectivity index (χ0) is 17.0. The van der Waals surface area contributed by atoms with Crippen LogP contribution >= 0.6 is 0 Å². The fraction of sp³-hybridized carbons (Fsp3) is 0.312. The second kappa shape index (κ2) is 6.95. The van der Waals surface area contributed by atoms with Gasteiger partial charge in [-0.3, -0.25) is 9.59 Å². The van der Waals surface area contributed by atoms with Crippen molar-refractivity contribution in [1.82, 2.24) is 5.16 Å². The van der Waals surface area contributed by atoms with Crippen molar-refractivity contribution in [2.75, 3.05) is 12.4 Å². The highest BCUT2D eigenvalue weighted by Gasteiger charge is 2.19. The lowest BCUT2D eigenvalue weighted by atomic mass is 10.1. The van der Waals surface area contributed by atoms with Crippen LogP contribution in [0.15, 0.2) is 28.8 Å². The van der Waals surface area contributed by atoms with E-state index in [0.717, 1.165) is 0 Å². The zero-order valence-corrected chi connectivity index (χ0v) is 13.4. The average Bonchev–Trinajstić information content (AvgIpc) is 2.92. The van der Waals surface area contributed by atoms with Crippen molar-refractivity contribution in [3.05, 3.63) is 35.6 Å². The van der Waals surface area contributed by atoms with Crippen molar-refractivity contribution in [2.45, 2.75) is 26.9 Å². The van der Waals surface area contributed by atoms with Gasteiger partial charge >= 0.3 is 0 Å². The molecule has 1 heterocycles. The van der Waals surface area contributed by atoms with Gasteiger partial charge in [-0.1, -0.05) is 5.16 Å². The number of hydrogen-bond acceptors (Lipinski definition) is 6. The summed E-state index contributed by atoms with van der Waals surface area (Å²) in [6.07, 6.45) is -0.788. The summed E-state index contributed by atoms with van der Waals surface area (Å²) >= 11 is 0. The Kier molecular flexibility index (Phi) is 5.00. The number of nitrogens with zero attached hydrogens (tertiary/aromatic N) is 1. The second-order valence-corrected chi connectivity index (χ2v) is 4.99. The standard InChI is InChI=1S/C16H18N2O5/c1-9-7-15(18-23-9)17-16(20)11(3)22-13-6-5-12(10(2)19)8-14(13)21-4/h5-8,11H,1-4H3,(H,17,18,20). The summed E-state index contributed by atoms with van der Waals surface area (Å²) in [4.78, 5) is 23.5. The van der Waals surface area contributed by atoms with E-state index in [1.165, 1.54) is 14.0 Å². The highest BCUT2D eigenvalue weighted by molar-refractivity contribution is 5.95. The summed E-state index contributed by atoms with van der Waals surface area (Å²) in [5.41, 5.74) is 0.504. The largest absolute Gasteiger partial charge is 0.493 e. The number of rotatable bonds is 6. The van der Waals surface area contributed by atoms with Crippen molar-refractivity contribution in [3.63, 3.8) is 0 Å². The van der Waals surface area contributed by atoms with Gasteiger partial charge in [-0.15, -0.1) is 0 Å². The van der Waals surface area contributed by atoms with Gasteiger partial charge in [0.25, 0.3) is 5.91 Å². The van der Waals surface area contributed by atoms with Gasteiger partial charge in [-0.05, 0) is 39.0 Å². The zero-order valence-electron chi connectivity index (χ0n) is 13.4. The van der Waals surface area contributed by atoms with Crippen molar-refractivity contribution in [1.29, 1.82) is 0 Å². The first-order valence-corrected chi connectivity index (χ1v) is 7.00. The molecule has 0 aliphatic heterocycles. The van der Waals surface area contributed by atoms with Gasteiger partial charge < -0.3 is 19.3 Å². The molecular formula is C16H18N2O5. The minimum atomic E-state index is -0.788. The molecule has 1 unspecified atom stereocenters. The van der Waals surface area contributed by atoms with E-state index in [9.17, 15) is 9.59 Å². The third kappa shape index (κ3) is 4.09. The summed E-state index contributed by atoms with van der Waals surface area (Å²) in [6, 6.07) is 6.39. The van der Waals surface area contributed by atoms with Crippen molar-refractivity contribution < 1.29 is 23.6 Å². The molecule has 1 N–H and O–H groups in total. The van der Waals surface area contributed by atoms with Gasteiger partial charge in [-0.25, -0.2) is 0 Å². The van der Waals surface area contributed by atoms with E-state index in [-0.39, 0.29) is 11.7 Å². The molecule has 1 aromatic heterocycles. The Morgan fingerprint density at radius 3 is 2.57 bits per heavy atom. The Hall–Kier alpha value is -2.83. The number of hydrogen-bond donors (Lipinski definition) is 1. The fourth-order valence-corrected chi connectivity index (χ4v) is 1.88. The van der Waals surface area contributed by atoms with Crippen LogP contribution in [-0.2, 0) is 4.79 Å². The first kappa shape index (κ1) is 16.5. The predicted molar refractivity (Wildman–Crippen MR) is 83.0 cm³/mol. The Morgan fingerprint density at radius 2 is 2.00 bits per heavy atom. The summed E-state index contributed by atoms with van der Waals surface area (Å²) < 4.78 is 15.7. The van der Waals surface area contributed by atoms with Gasteiger partial charge in [0.1, 0.15) is 5.76 Å². The monoisotopic (exact) mass is 318 g/mol. The predicted octanol–water partition coefficient (Wildman–Crippen LogP) is 2.60. The molecule has 7 heteroatoms. The SMILES string of the molecule is COc1cc(C(C)=O)ccc1OC(C)C(=O)Nc1cc(C)on1. The quantitative estimate of drug-likeness (QED) is 0.823. The van der Waals surface area contributed by atoms with Crippen LogP contribution in [0.3, 0.4) is 0 Å². The molecule has 1 atom stereocenters. The van der Waals surface area contributed by atoms with Crippen LogP contribution in [0.25, 0.3) is 0 Å². The van der Waals surface area contributed by atoms with E-state index in [0.29, 0.717) is 28.6 Å². The molecule has 0 saturated heterocycles. The lowest BCUT2D eigenvalue weighted by Gasteiger charge is -2.16. The van der Waals surface area contributed by atoms with Crippen LogP contribution in [0.2, 0.25) is 0 Å². The van der Waals surface area contributed by atoms with Crippen molar-refractivity contribution in [3.8, 4) is 11.5 Å². The van der Waals surface area contributed by atoms with Crippen molar-refractivity contribution >= 4 is 17.5 Å². The van der Waals surface area contributed by atoms with Gasteiger partial charge in [-0.2, -0.15) is 0 Å². The minimum absolute atomic E-state index is 0.0814. The topological polar surface area (TPSA) is 90.7 Å². The fourth-order valence-electron chi connectivity index (χ4n) is 1.88. The molecule has 1 aromatic carbocycles. The maximum Gasteiger partial charge on any atom is 0.266 e. The molecule has 0 saturated carbocycles. The molecule has 0 radical (unpaired) electrons. The number of methoxy groups -OCH3 is 1. The van der Waals surface area contributed by atoms with E-state index in [4.69, 9.17) is 14.0 Å². The lowest BCUT2D eigenvalue weighted by Crippen LogP contribution is -2.30. The molecule has 0 aliphatic carbocycles. The molecule has 0 bridgehead atoms. The van der Waals surface area contributed by atoms with E-state index in [1.807, 2.05) is 0 Å². The number of carbonyl (C=O) groups excluding carboxylic acids is 2. The minimum Gasteiger partial charge on any atom is -0.493 e. The van der Waals surface area contributed by atoms with E-state index in [1.54, 1.807) is 38.1 Å². The maximum absolute atomic E-state index is 12.1. The third-order valence-electron chi connectivity index (χ3n) is 3.12. The first-order chi connectivity index (χ1) is 10.9. The number of aryl methyl sites for hydroxylation is 1. The van der Waals surface area contributed by atoms with Crippen LogP contribution in [-0.4, -0.2) is 30.1 Å². The van der Waals surface area contributed by atoms with Crippen LogP contribution in [0.5, 0.6) is 11.5 Å². The Balaban J connectivity index is 2.08. The van der Waals surface area contributed by atoms with Gasteiger partial charge in [0, 0.05) is 11.6 Å². The smallest absolute Gasteiger partial charge is 0.266 e. The number of nitrogens with one attached hydrogen (secondary N) is 1. The number of carbonyl (C=O) groups is 2. The van der Waals surface area contributed by atoms with Crippen LogP contribution < -0.4 is 14.8 Å². The summed E-state index contributed by atoms with van der Waals surface area (Å²) in [5.74, 6) is 1.21. The maximum atomic E-state index is 12.1. The molecule has 23 heavy (non-hydrogen) atoms. The number of aromatic nitrogens is 1. The third-order valence-corrected chi connectivity index (χ3v) is 3.12. The summed E-state index contributed by atoms with van der Waals surface area (Å²) in [5, 5.41) is 6.27. The Bertz CT molecular complexity index is 723. The number of anilines is 1. The van der Waals surface area contributed by atoms with E-state index >= 15 is 0 Å². The number of ether oxygens (including phenoxy) is 2. The molecule has 1 amide bonds. The molecule has 7 nitrogen and oxygen atoms in total. The molecule has 0 aliphatic rings. The van der Waals surface area contributed by atoms with E-state index < -0.39 is 6.10 Å². The molecule has 2 aromatic rings. The van der Waals surface area contributed by atoms with Gasteiger partial charge in [0.15, 0.2) is 29.2 Å². The molecule has 0 spiro atoms. The van der Waals surface area contributed by atoms with Gasteiger partial charge in [0.05, 0.1) is 7.11 Å². The highest BCUT2D eigenvalue weighted by Crippen LogP contribution is 2.29. The summed E-state index contributed by atoms with van der Waals surface area (Å²) in [7, 11) is 1.47. The second-order valence-electron chi connectivity index (χ2n) is 4.99. The molecule has 122 valence electrons. The number of benzene rings is 1. The number of Topliss-reactive ketones (excluding diaryl/α,β-unsaturated/α-hetero) is 1. The van der Waals surface area contributed by atoms with Crippen LogP contribution in [0.4, 0.5) is 5.82 Å². The molecule has 2 rings (SSSR count).